The molecule has 0 aliphatic carbocycles. The van der Waals surface area contributed by atoms with Crippen LogP contribution in [0.4, 0.5) is 5.69 Å². The third-order valence-corrected chi connectivity index (χ3v) is 4.40. The zero-order valence-electron chi connectivity index (χ0n) is 10.5. The van der Waals surface area contributed by atoms with E-state index in [1.165, 1.54) is 4.88 Å². The van der Waals surface area contributed by atoms with E-state index < -0.39 is 11.9 Å². The van der Waals surface area contributed by atoms with E-state index >= 15 is 0 Å². The van der Waals surface area contributed by atoms with Gasteiger partial charge in [-0.2, -0.15) is 0 Å². The van der Waals surface area contributed by atoms with Crippen molar-refractivity contribution < 1.29 is 4.79 Å². The number of carbonyl (C=O) groups is 1. The van der Waals surface area contributed by atoms with Crippen molar-refractivity contribution in [3.63, 3.8) is 0 Å². The number of benzene rings is 1. The largest absolute Gasteiger partial charge is 0.368 e. The number of hydrogen-bond acceptors (Lipinski definition) is 3. The van der Waals surface area contributed by atoms with E-state index in [2.05, 4.69) is 12.2 Å². The number of aryl methyl sites for hydroxylation is 1. The van der Waals surface area contributed by atoms with Gasteiger partial charge in [-0.05, 0) is 30.7 Å². The average Bonchev–Trinajstić information content (AvgIpc) is 2.86. The molecule has 0 spiro atoms. The molecule has 2 rings (SSSR count). The van der Waals surface area contributed by atoms with E-state index in [0.29, 0.717) is 10.7 Å². The van der Waals surface area contributed by atoms with Gasteiger partial charge < -0.3 is 11.1 Å². The summed E-state index contributed by atoms with van der Waals surface area (Å²) in [6, 6.07) is 10.7. The van der Waals surface area contributed by atoms with Gasteiger partial charge in [0, 0.05) is 9.75 Å². The number of para-hydroxylation sites is 1. The molecule has 3 N–H and O–H groups in total. The van der Waals surface area contributed by atoms with Gasteiger partial charge in [0.2, 0.25) is 5.91 Å². The molecule has 1 aromatic heterocycles. The van der Waals surface area contributed by atoms with Crippen molar-refractivity contribution in [1.29, 1.82) is 0 Å². The summed E-state index contributed by atoms with van der Waals surface area (Å²) in [4.78, 5) is 13.8. The first kappa shape index (κ1) is 13.9. The number of nitrogens with one attached hydrogen (secondary N) is 1. The monoisotopic (exact) mass is 294 g/mol. The molecule has 19 heavy (non-hydrogen) atoms. The summed E-state index contributed by atoms with van der Waals surface area (Å²) in [6.45, 7) is 2.08. The molecule has 0 saturated carbocycles. The molecule has 5 heteroatoms. The van der Waals surface area contributed by atoms with E-state index in [-0.39, 0.29) is 0 Å². The molecule has 0 aliphatic rings. The van der Waals surface area contributed by atoms with Crippen LogP contribution in [0, 0.1) is 0 Å². The molecule has 0 aliphatic heterocycles. The molecule has 1 aromatic carbocycles. The van der Waals surface area contributed by atoms with E-state index in [1.807, 2.05) is 30.3 Å². The van der Waals surface area contributed by atoms with Crippen LogP contribution < -0.4 is 11.1 Å². The Kier molecular flexibility index (Phi) is 4.45. The zero-order chi connectivity index (χ0) is 13.8. The number of halogens is 1. The van der Waals surface area contributed by atoms with Crippen molar-refractivity contribution in [1.82, 2.24) is 0 Å². The van der Waals surface area contributed by atoms with Crippen molar-refractivity contribution in [2.24, 2.45) is 5.73 Å². The van der Waals surface area contributed by atoms with Crippen molar-refractivity contribution in [3.05, 3.63) is 51.2 Å². The second kappa shape index (κ2) is 6.08. The normalized spacial score (nSPS) is 12.1. The minimum absolute atomic E-state index is 0.413. The van der Waals surface area contributed by atoms with Gasteiger partial charge in [-0.15, -0.1) is 11.3 Å². The SMILES string of the molecule is CCc1ccc(C(Nc2ccccc2Cl)C(N)=O)s1. The minimum Gasteiger partial charge on any atom is -0.368 e. The number of primary amides is 1. The topological polar surface area (TPSA) is 55.1 Å². The molecular weight excluding hydrogens is 280 g/mol. The Bertz CT molecular complexity index is 582. The van der Waals surface area contributed by atoms with Gasteiger partial charge in [-0.3, -0.25) is 4.79 Å². The maximum atomic E-state index is 11.6. The molecular formula is C14H15ClN2OS. The first-order chi connectivity index (χ1) is 9.11. The minimum atomic E-state index is -0.551. The number of rotatable bonds is 5. The summed E-state index contributed by atoms with van der Waals surface area (Å²) >= 11 is 7.67. The van der Waals surface area contributed by atoms with E-state index in [9.17, 15) is 4.79 Å². The summed E-state index contributed by atoms with van der Waals surface area (Å²) in [6.07, 6.45) is 0.947. The Morgan fingerprint density at radius 3 is 2.68 bits per heavy atom. The zero-order valence-corrected chi connectivity index (χ0v) is 12.1. The standard InChI is InChI=1S/C14H15ClN2OS/c1-2-9-7-8-12(19-9)13(14(16)18)17-11-6-4-3-5-10(11)15/h3-8,13,17H,2H2,1H3,(H2,16,18). The predicted octanol–water partition coefficient (Wildman–Crippen LogP) is 3.60. The molecule has 0 radical (unpaired) electrons. The summed E-state index contributed by atoms with van der Waals surface area (Å²) in [5.41, 5.74) is 6.19. The van der Waals surface area contributed by atoms with E-state index in [1.54, 1.807) is 17.4 Å². The second-order valence-electron chi connectivity index (χ2n) is 4.12. The fourth-order valence-corrected chi connectivity index (χ4v) is 2.96. The van der Waals surface area contributed by atoms with Crippen LogP contribution >= 0.6 is 22.9 Å². The van der Waals surface area contributed by atoms with Crippen LogP contribution in [0.5, 0.6) is 0 Å². The Morgan fingerprint density at radius 1 is 1.37 bits per heavy atom. The van der Waals surface area contributed by atoms with Gasteiger partial charge in [0.1, 0.15) is 6.04 Å². The van der Waals surface area contributed by atoms with Crippen LogP contribution in [0.25, 0.3) is 0 Å². The number of hydrogen-bond donors (Lipinski definition) is 2. The molecule has 100 valence electrons. The average molecular weight is 295 g/mol. The van der Waals surface area contributed by atoms with Crippen LogP contribution in [0.1, 0.15) is 22.7 Å². The predicted molar refractivity (Wildman–Crippen MR) is 80.7 cm³/mol. The summed E-state index contributed by atoms with van der Waals surface area (Å²) in [5.74, 6) is -0.413. The van der Waals surface area contributed by atoms with Crippen molar-refractivity contribution in [2.75, 3.05) is 5.32 Å². The lowest BCUT2D eigenvalue weighted by atomic mass is 10.2. The molecule has 0 saturated heterocycles. The first-order valence-corrected chi connectivity index (χ1v) is 7.20. The van der Waals surface area contributed by atoms with E-state index in [0.717, 1.165) is 11.3 Å². The summed E-state index contributed by atoms with van der Waals surface area (Å²) in [7, 11) is 0. The quantitative estimate of drug-likeness (QED) is 0.885. The Balaban J connectivity index is 2.26. The Morgan fingerprint density at radius 2 is 2.11 bits per heavy atom. The maximum Gasteiger partial charge on any atom is 0.245 e. The molecule has 1 heterocycles. The van der Waals surface area contributed by atoms with Gasteiger partial charge in [0.25, 0.3) is 0 Å². The molecule has 2 aromatic rings. The van der Waals surface area contributed by atoms with Gasteiger partial charge in [0.05, 0.1) is 10.7 Å². The number of thiophene rings is 1. The van der Waals surface area contributed by atoms with E-state index in [4.69, 9.17) is 17.3 Å². The summed E-state index contributed by atoms with van der Waals surface area (Å²) in [5, 5.41) is 3.67. The number of amides is 1. The smallest absolute Gasteiger partial charge is 0.245 e. The highest BCUT2D eigenvalue weighted by Gasteiger charge is 2.20. The highest BCUT2D eigenvalue weighted by Crippen LogP contribution is 2.29. The highest BCUT2D eigenvalue weighted by molar-refractivity contribution is 7.12. The van der Waals surface area contributed by atoms with Gasteiger partial charge in [-0.25, -0.2) is 0 Å². The third kappa shape index (κ3) is 3.28. The Hall–Kier alpha value is -1.52. The van der Waals surface area contributed by atoms with Gasteiger partial charge in [0.15, 0.2) is 0 Å². The van der Waals surface area contributed by atoms with Crippen LogP contribution in [0.3, 0.4) is 0 Å². The number of nitrogens with two attached hydrogens (primary N) is 1. The highest BCUT2D eigenvalue weighted by atomic mass is 35.5. The lowest BCUT2D eigenvalue weighted by Gasteiger charge is -2.16. The molecule has 1 atom stereocenters. The third-order valence-electron chi connectivity index (χ3n) is 2.77. The number of carbonyl (C=O) groups excluding carboxylic acids is 1. The van der Waals surface area contributed by atoms with Crippen LogP contribution in [0.15, 0.2) is 36.4 Å². The first-order valence-electron chi connectivity index (χ1n) is 6.00. The van der Waals surface area contributed by atoms with Crippen molar-refractivity contribution in [3.8, 4) is 0 Å². The van der Waals surface area contributed by atoms with Crippen LogP contribution in [-0.2, 0) is 11.2 Å². The molecule has 0 bridgehead atoms. The van der Waals surface area contributed by atoms with Gasteiger partial charge >= 0.3 is 0 Å². The molecule has 0 fully saturated rings. The number of anilines is 1. The lowest BCUT2D eigenvalue weighted by molar-refractivity contribution is -0.118. The molecule has 1 amide bonds. The Labute approximate surface area is 121 Å². The summed E-state index contributed by atoms with van der Waals surface area (Å²) < 4.78 is 0. The maximum absolute atomic E-state index is 11.6. The second-order valence-corrected chi connectivity index (χ2v) is 5.72. The van der Waals surface area contributed by atoms with Gasteiger partial charge in [-0.1, -0.05) is 30.7 Å². The van der Waals surface area contributed by atoms with Crippen LogP contribution in [-0.4, -0.2) is 5.91 Å². The van der Waals surface area contributed by atoms with Crippen LogP contribution in [0.2, 0.25) is 5.02 Å². The van der Waals surface area contributed by atoms with Crippen molar-refractivity contribution in [2.45, 2.75) is 19.4 Å². The molecule has 1 unspecified atom stereocenters. The molecule has 3 nitrogen and oxygen atoms in total. The van der Waals surface area contributed by atoms with Crippen molar-refractivity contribution >= 4 is 34.5 Å². The fraction of sp³-hybridized carbons (Fsp3) is 0.214. The fourth-order valence-electron chi connectivity index (χ4n) is 1.76. The lowest BCUT2D eigenvalue weighted by Crippen LogP contribution is -2.27.